The Morgan fingerprint density at radius 2 is 1.79 bits per heavy atom. The number of benzene rings is 2. The summed E-state index contributed by atoms with van der Waals surface area (Å²) in [7, 11) is 0. The van der Waals surface area contributed by atoms with E-state index in [1.165, 1.54) is 12.1 Å². The van der Waals surface area contributed by atoms with Crippen molar-refractivity contribution in [1.29, 1.82) is 0 Å². The molecule has 0 amide bonds. The topological polar surface area (TPSA) is 12.9 Å². The van der Waals surface area contributed by atoms with Gasteiger partial charge in [-0.05, 0) is 23.1 Å². The van der Waals surface area contributed by atoms with Crippen LogP contribution in [0.3, 0.4) is 0 Å². The summed E-state index contributed by atoms with van der Waals surface area (Å²) in [4.78, 5) is 4.31. The highest BCUT2D eigenvalue weighted by Gasteiger charge is 2.08. The smallest absolute Gasteiger partial charge is 0.129 e. The lowest BCUT2D eigenvalue weighted by Gasteiger charge is -2.06. The maximum atomic E-state index is 13.7. The zero-order valence-electron chi connectivity index (χ0n) is 10.1. The summed E-state index contributed by atoms with van der Waals surface area (Å²) in [5.41, 5.74) is 1.24. The quantitative estimate of drug-likeness (QED) is 0.671. The summed E-state index contributed by atoms with van der Waals surface area (Å²) in [5, 5.41) is 2.06. The average Bonchev–Trinajstić information content (AvgIpc) is 2.42. The van der Waals surface area contributed by atoms with Crippen molar-refractivity contribution in [3.05, 3.63) is 77.6 Å². The third kappa shape index (κ3) is 2.32. The van der Waals surface area contributed by atoms with Crippen LogP contribution in [0, 0.1) is 11.6 Å². The molecule has 1 aromatic heterocycles. The van der Waals surface area contributed by atoms with Gasteiger partial charge in [-0.25, -0.2) is 8.78 Å². The maximum absolute atomic E-state index is 13.7. The molecule has 3 aromatic rings. The first-order chi connectivity index (χ1) is 9.24. The number of hydrogen-bond donors (Lipinski definition) is 0. The lowest BCUT2D eigenvalue weighted by atomic mass is 10.0. The molecule has 0 saturated heterocycles. The summed E-state index contributed by atoms with van der Waals surface area (Å²) in [6.07, 6.45) is 2.06. The highest BCUT2D eigenvalue weighted by molar-refractivity contribution is 5.84. The summed E-state index contributed by atoms with van der Waals surface area (Å²) in [6, 6.07) is 13.4. The van der Waals surface area contributed by atoms with Crippen molar-refractivity contribution in [3.8, 4) is 0 Å². The van der Waals surface area contributed by atoms with Crippen LogP contribution in [0.1, 0.15) is 11.3 Å². The van der Waals surface area contributed by atoms with E-state index in [2.05, 4.69) is 4.98 Å². The number of rotatable bonds is 2. The zero-order chi connectivity index (χ0) is 13.2. The van der Waals surface area contributed by atoms with Gasteiger partial charge in [0, 0.05) is 24.1 Å². The van der Waals surface area contributed by atoms with E-state index in [0.717, 1.165) is 22.5 Å². The van der Waals surface area contributed by atoms with E-state index in [-0.39, 0.29) is 0 Å². The van der Waals surface area contributed by atoms with Gasteiger partial charge in [0.2, 0.25) is 0 Å². The number of nitrogens with zero attached hydrogens (tertiary/aromatic N) is 1. The number of hydrogen-bond acceptors (Lipinski definition) is 1. The number of pyridine rings is 1. The first-order valence-corrected chi connectivity index (χ1v) is 6.00. The number of fused-ring (bicyclic) bond motifs is 1. The predicted molar refractivity (Wildman–Crippen MR) is 70.9 cm³/mol. The molecule has 2 aromatic carbocycles. The third-order valence-corrected chi connectivity index (χ3v) is 3.13. The molecule has 3 rings (SSSR count). The molecule has 0 radical (unpaired) electrons. The molecular weight excluding hydrogens is 244 g/mol. The van der Waals surface area contributed by atoms with Crippen LogP contribution >= 0.6 is 0 Å². The Balaban J connectivity index is 2.06. The average molecular weight is 255 g/mol. The second-order valence-corrected chi connectivity index (χ2v) is 4.39. The Morgan fingerprint density at radius 3 is 2.63 bits per heavy atom. The van der Waals surface area contributed by atoms with E-state index in [0.29, 0.717) is 12.0 Å². The Bertz CT molecular complexity index is 732. The van der Waals surface area contributed by atoms with E-state index >= 15 is 0 Å². The van der Waals surface area contributed by atoms with Crippen LogP contribution in [0.15, 0.2) is 54.7 Å². The molecule has 0 unspecified atom stereocenters. The van der Waals surface area contributed by atoms with E-state index in [9.17, 15) is 8.78 Å². The zero-order valence-corrected chi connectivity index (χ0v) is 10.1. The van der Waals surface area contributed by atoms with Gasteiger partial charge in [0.05, 0.1) is 5.69 Å². The molecule has 1 nitrogen and oxygen atoms in total. The molecule has 19 heavy (non-hydrogen) atoms. The minimum Gasteiger partial charge on any atom is -0.260 e. The Labute approximate surface area is 109 Å². The first-order valence-electron chi connectivity index (χ1n) is 6.00. The van der Waals surface area contributed by atoms with Crippen molar-refractivity contribution in [3.63, 3.8) is 0 Å². The van der Waals surface area contributed by atoms with Crippen molar-refractivity contribution in [2.45, 2.75) is 6.42 Å². The van der Waals surface area contributed by atoms with Gasteiger partial charge in [-0.15, -0.1) is 0 Å². The van der Waals surface area contributed by atoms with Gasteiger partial charge in [0.15, 0.2) is 0 Å². The summed E-state index contributed by atoms with van der Waals surface area (Å²) in [5.74, 6) is -1.10. The van der Waals surface area contributed by atoms with Crippen molar-refractivity contribution in [2.75, 3.05) is 0 Å². The summed E-state index contributed by atoms with van der Waals surface area (Å²) >= 11 is 0. The number of halogens is 2. The summed E-state index contributed by atoms with van der Waals surface area (Å²) < 4.78 is 26.6. The van der Waals surface area contributed by atoms with Crippen LogP contribution in [0.5, 0.6) is 0 Å². The summed E-state index contributed by atoms with van der Waals surface area (Å²) in [6.45, 7) is 0. The van der Waals surface area contributed by atoms with Crippen LogP contribution in [0.4, 0.5) is 8.78 Å². The van der Waals surface area contributed by atoms with Crippen LogP contribution in [0.2, 0.25) is 0 Å². The van der Waals surface area contributed by atoms with Crippen molar-refractivity contribution in [1.82, 2.24) is 4.98 Å². The first kappa shape index (κ1) is 11.8. The molecule has 0 spiro atoms. The molecule has 0 aliphatic heterocycles. The van der Waals surface area contributed by atoms with E-state index < -0.39 is 11.6 Å². The fourth-order valence-corrected chi connectivity index (χ4v) is 2.17. The molecule has 3 heteroatoms. The molecule has 1 heterocycles. The molecule has 0 aliphatic carbocycles. The molecule has 0 atom stereocenters. The minimum absolute atomic E-state index is 0.355. The lowest BCUT2D eigenvalue weighted by Crippen LogP contribution is -1.97. The Morgan fingerprint density at radius 1 is 0.947 bits per heavy atom. The molecule has 0 saturated carbocycles. The van der Waals surface area contributed by atoms with Gasteiger partial charge in [0.1, 0.15) is 11.6 Å². The number of aromatic nitrogens is 1. The third-order valence-electron chi connectivity index (χ3n) is 3.13. The van der Waals surface area contributed by atoms with Crippen LogP contribution in [0.25, 0.3) is 10.8 Å². The van der Waals surface area contributed by atoms with E-state index in [1.54, 1.807) is 6.20 Å². The molecule has 0 aliphatic rings. The highest BCUT2D eigenvalue weighted by Crippen LogP contribution is 2.20. The van der Waals surface area contributed by atoms with Crippen LogP contribution < -0.4 is 0 Å². The Hall–Kier alpha value is -2.29. The standard InChI is InChI=1S/C16H11F2N/c17-13-6-5-12(15(18)10-13)9-16-14-4-2-1-3-11(14)7-8-19-16/h1-8,10H,9H2. The predicted octanol–water partition coefficient (Wildman–Crippen LogP) is 4.10. The molecule has 94 valence electrons. The highest BCUT2D eigenvalue weighted by atomic mass is 19.1. The van der Waals surface area contributed by atoms with Gasteiger partial charge >= 0.3 is 0 Å². The molecule has 0 fully saturated rings. The normalized spacial score (nSPS) is 10.8. The fourth-order valence-electron chi connectivity index (χ4n) is 2.17. The van der Waals surface area contributed by atoms with Gasteiger partial charge < -0.3 is 0 Å². The second kappa shape index (κ2) is 4.76. The largest absolute Gasteiger partial charge is 0.260 e. The minimum atomic E-state index is -0.563. The van der Waals surface area contributed by atoms with Gasteiger partial charge in [-0.2, -0.15) is 0 Å². The van der Waals surface area contributed by atoms with E-state index in [1.807, 2.05) is 30.3 Å². The van der Waals surface area contributed by atoms with Crippen LogP contribution in [-0.2, 0) is 6.42 Å². The second-order valence-electron chi connectivity index (χ2n) is 4.39. The van der Waals surface area contributed by atoms with Gasteiger partial charge in [-0.3, -0.25) is 4.98 Å². The van der Waals surface area contributed by atoms with Crippen molar-refractivity contribution < 1.29 is 8.78 Å². The van der Waals surface area contributed by atoms with Crippen LogP contribution in [-0.4, -0.2) is 4.98 Å². The molecule has 0 N–H and O–H groups in total. The monoisotopic (exact) mass is 255 g/mol. The van der Waals surface area contributed by atoms with Crippen molar-refractivity contribution in [2.24, 2.45) is 0 Å². The van der Waals surface area contributed by atoms with E-state index in [4.69, 9.17) is 0 Å². The Kier molecular flexibility index (Phi) is 2.95. The maximum Gasteiger partial charge on any atom is 0.129 e. The lowest BCUT2D eigenvalue weighted by molar-refractivity contribution is 0.574. The molecule has 0 bridgehead atoms. The van der Waals surface area contributed by atoms with Crippen molar-refractivity contribution >= 4 is 10.8 Å². The SMILES string of the molecule is Fc1ccc(Cc2nccc3ccccc23)c(F)c1. The fraction of sp³-hybridized carbons (Fsp3) is 0.0625. The van der Waals surface area contributed by atoms with Gasteiger partial charge in [-0.1, -0.05) is 30.3 Å². The molecular formula is C16H11F2N. The van der Waals surface area contributed by atoms with Gasteiger partial charge in [0.25, 0.3) is 0 Å².